The van der Waals surface area contributed by atoms with Gasteiger partial charge in [-0.15, -0.1) is 0 Å². The summed E-state index contributed by atoms with van der Waals surface area (Å²) in [5.41, 5.74) is 0.361. The standard InChI is InChI=1S/C7H7F3N2O/c1-3-5-4(2-11-3)12-6(13-5)7(8,9)10/h3,11H,2H2,1H3. The number of alkyl halides is 3. The molecule has 0 saturated carbocycles. The number of fused-ring (bicyclic) bond motifs is 1. The molecule has 1 unspecified atom stereocenters. The summed E-state index contributed by atoms with van der Waals surface area (Å²) in [5.74, 6) is -0.849. The Morgan fingerprint density at radius 1 is 1.54 bits per heavy atom. The third kappa shape index (κ3) is 1.31. The predicted octanol–water partition coefficient (Wildman–Crippen LogP) is 1.86. The van der Waals surface area contributed by atoms with Gasteiger partial charge in [-0.05, 0) is 6.92 Å². The molecule has 2 rings (SSSR count). The second kappa shape index (κ2) is 2.47. The van der Waals surface area contributed by atoms with Crippen LogP contribution in [0.25, 0.3) is 0 Å². The molecule has 0 spiro atoms. The Morgan fingerprint density at radius 2 is 2.23 bits per heavy atom. The average Bonchev–Trinajstić information content (AvgIpc) is 2.51. The lowest BCUT2D eigenvalue weighted by molar-refractivity contribution is -0.157. The van der Waals surface area contributed by atoms with E-state index in [2.05, 4.69) is 14.7 Å². The van der Waals surface area contributed by atoms with Crippen LogP contribution in [0.2, 0.25) is 0 Å². The van der Waals surface area contributed by atoms with Crippen molar-refractivity contribution in [3.63, 3.8) is 0 Å². The molecule has 1 N–H and O–H groups in total. The molecule has 1 aromatic rings. The summed E-state index contributed by atoms with van der Waals surface area (Å²) in [4.78, 5) is 3.36. The maximum absolute atomic E-state index is 12.1. The molecule has 0 bridgehead atoms. The Kier molecular flexibility index (Phi) is 1.63. The third-order valence-electron chi connectivity index (χ3n) is 1.94. The van der Waals surface area contributed by atoms with Crippen molar-refractivity contribution < 1.29 is 17.6 Å². The number of nitrogens with one attached hydrogen (secondary N) is 1. The van der Waals surface area contributed by atoms with Crippen LogP contribution < -0.4 is 5.32 Å². The quantitative estimate of drug-likeness (QED) is 0.681. The van der Waals surface area contributed by atoms with E-state index >= 15 is 0 Å². The van der Waals surface area contributed by atoms with Crippen LogP contribution in [0.1, 0.15) is 30.3 Å². The van der Waals surface area contributed by atoms with Crippen molar-refractivity contribution in [1.29, 1.82) is 0 Å². The molecule has 3 nitrogen and oxygen atoms in total. The van der Waals surface area contributed by atoms with Crippen LogP contribution in [0, 0.1) is 0 Å². The van der Waals surface area contributed by atoms with Crippen LogP contribution in [0.5, 0.6) is 0 Å². The number of nitrogens with zero attached hydrogens (tertiary/aromatic N) is 1. The Hall–Kier alpha value is -1.04. The first-order chi connectivity index (χ1) is 5.98. The molecular formula is C7H7F3N2O. The topological polar surface area (TPSA) is 38.1 Å². The van der Waals surface area contributed by atoms with E-state index in [9.17, 15) is 13.2 Å². The molecule has 0 aliphatic carbocycles. The molecule has 0 amide bonds. The van der Waals surface area contributed by atoms with Crippen LogP contribution in [-0.2, 0) is 12.7 Å². The molecular weight excluding hydrogens is 185 g/mol. The first kappa shape index (κ1) is 8.55. The van der Waals surface area contributed by atoms with Crippen molar-refractivity contribution in [2.45, 2.75) is 25.7 Å². The lowest BCUT2D eigenvalue weighted by atomic mass is 10.3. The van der Waals surface area contributed by atoms with Gasteiger partial charge >= 0.3 is 12.1 Å². The van der Waals surface area contributed by atoms with Gasteiger partial charge in [-0.3, -0.25) is 0 Å². The number of hydrogen-bond acceptors (Lipinski definition) is 3. The van der Waals surface area contributed by atoms with Gasteiger partial charge in [0.05, 0.1) is 11.7 Å². The Labute approximate surface area is 71.9 Å². The van der Waals surface area contributed by atoms with Gasteiger partial charge in [0.2, 0.25) is 0 Å². The molecule has 2 heterocycles. The van der Waals surface area contributed by atoms with E-state index in [0.717, 1.165) is 0 Å². The zero-order valence-corrected chi connectivity index (χ0v) is 6.77. The van der Waals surface area contributed by atoms with E-state index in [1.54, 1.807) is 6.92 Å². The van der Waals surface area contributed by atoms with Crippen molar-refractivity contribution in [2.75, 3.05) is 0 Å². The third-order valence-corrected chi connectivity index (χ3v) is 1.94. The fourth-order valence-corrected chi connectivity index (χ4v) is 1.29. The summed E-state index contributed by atoms with van der Waals surface area (Å²) in [5, 5.41) is 2.92. The average molecular weight is 192 g/mol. The lowest BCUT2D eigenvalue weighted by Crippen LogP contribution is -2.11. The van der Waals surface area contributed by atoms with Crippen molar-refractivity contribution in [2.24, 2.45) is 0 Å². The highest BCUT2D eigenvalue weighted by Gasteiger charge is 2.40. The zero-order chi connectivity index (χ0) is 9.64. The minimum absolute atomic E-state index is 0.182. The van der Waals surface area contributed by atoms with E-state index in [4.69, 9.17) is 0 Å². The van der Waals surface area contributed by atoms with Gasteiger partial charge in [0.1, 0.15) is 5.76 Å². The Balaban J connectivity index is 2.40. The Bertz CT molecular complexity index is 331. The fourth-order valence-electron chi connectivity index (χ4n) is 1.29. The summed E-state index contributed by atoms with van der Waals surface area (Å²) < 4.78 is 40.9. The summed E-state index contributed by atoms with van der Waals surface area (Å²) in [6.07, 6.45) is -4.48. The van der Waals surface area contributed by atoms with E-state index in [-0.39, 0.29) is 6.04 Å². The fraction of sp³-hybridized carbons (Fsp3) is 0.571. The summed E-state index contributed by atoms with van der Waals surface area (Å²) >= 11 is 0. The molecule has 1 atom stereocenters. The number of oxazole rings is 1. The smallest absolute Gasteiger partial charge is 0.436 e. The summed E-state index contributed by atoms with van der Waals surface area (Å²) in [6, 6.07) is -0.182. The number of rotatable bonds is 0. The van der Waals surface area contributed by atoms with E-state index in [1.165, 1.54) is 0 Å². The first-order valence-electron chi connectivity index (χ1n) is 3.78. The van der Waals surface area contributed by atoms with Crippen molar-refractivity contribution in [1.82, 2.24) is 10.3 Å². The second-order valence-electron chi connectivity index (χ2n) is 2.93. The maximum atomic E-state index is 12.1. The predicted molar refractivity (Wildman–Crippen MR) is 36.8 cm³/mol. The molecule has 1 aromatic heterocycles. The highest BCUT2D eigenvalue weighted by molar-refractivity contribution is 5.19. The lowest BCUT2D eigenvalue weighted by Gasteiger charge is -2.02. The molecule has 0 radical (unpaired) electrons. The molecule has 0 aromatic carbocycles. The molecule has 72 valence electrons. The van der Waals surface area contributed by atoms with Crippen LogP contribution >= 0.6 is 0 Å². The summed E-state index contributed by atoms with van der Waals surface area (Å²) in [7, 11) is 0. The van der Waals surface area contributed by atoms with Gasteiger partial charge < -0.3 is 9.73 Å². The normalized spacial score (nSPS) is 22.0. The van der Waals surface area contributed by atoms with Gasteiger partial charge in [0.25, 0.3) is 0 Å². The Morgan fingerprint density at radius 3 is 2.77 bits per heavy atom. The molecule has 6 heteroatoms. The summed E-state index contributed by atoms with van der Waals surface area (Å²) in [6.45, 7) is 2.08. The largest absolute Gasteiger partial charge is 0.468 e. The monoisotopic (exact) mass is 192 g/mol. The number of halogens is 3. The van der Waals surface area contributed by atoms with Crippen LogP contribution in [0.15, 0.2) is 4.42 Å². The highest BCUT2D eigenvalue weighted by Crippen LogP contribution is 2.33. The minimum Gasteiger partial charge on any atom is -0.436 e. The minimum atomic E-state index is -4.48. The van der Waals surface area contributed by atoms with E-state index < -0.39 is 12.1 Å². The van der Waals surface area contributed by atoms with Gasteiger partial charge in [-0.25, -0.2) is 4.98 Å². The SMILES string of the molecule is CC1NCc2nc(C(F)(F)F)oc21. The van der Waals surface area contributed by atoms with Gasteiger partial charge in [-0.1, -0.05) is 0 Å². The van der Waals surface area contributed by atoms with Crippen LogP contribution in [-0.4, -0.2) is 4.98 Å². The maximum Gasteiger partial charge on any atom is 0.468 e. The molecule has 13 heavy (non-hydrogen) atoms. The van der Waals surface area contributed by atoms with Gasteiger partial charge in [0, 0.05) is 6.54 Å². The van der Waals surface area contributed by atoms with Crippen LogP contribution in [0.3, 0.4) is 0 Å². The van der Waals surface area contributed by atoms with E-state index in [0.29, 0.717) is 18.0 Å². The molecule has 1 aliphatic rings. The van der Waals surface area contributed by atoms with Gasteiger partial charge in [-0.2, -0.15) is 13.2 Å². The number of aromatic nitrogens is 1. The van der Waals surface area contributed by atoms with Gasteiger partial charge in [0.15, 0.2) is 0 Å². The van der Waals surface area contributed by atoms with Crippen molar-refractivity contribution in [3.8, 4) is 0 Å². The highest BCUT2D eigenvalue weighted by atomic mass is 19.4. The van der Waals surface area contributed by atoms with Crippen molar-refractivity contribution in [3.05, 3.63) is 17.3 Å². The molecule has 0 saturated heterocycles. The van der Waals surface area contributed by atoms with Crippen molar-refractivity contribution >= 4 is 0 Å². The molecule has 1 aliphatic heterocycles. The second-order valence-corrected chi connectivity index (χ2v) is 2.93. The van der Waals surface area contributed by atoms with E-state index in [1.807, 2.05) is 0 Å². The number of hydrogen-bond donors (Lipinski definition) is 1. The first-order valence-corrected chi connectivity index (χ1v) is 3.78. The zero-order valence-electron chi connectivity index (χ0n) is 6.77. The van der Waals surface area contributed by atoms with Crippen LogP contribution in [0.4, 0.5) is 13.2 Å². The molecule has 0 fully saturated rings.